The van der Waals surface area contributed by atoms with Gasteiger partial charge in [-0.1, -0.05) is 0 Å². The number of carbonyl (C=O) groups is 1. The smallest absolute Gasteiger partial charge is 0.307 e. The molecule has 2 aromatic rings. The number of nitrogens with one attached hydrogen (secondary N) is 1. The Kier molecular flexibility index (Phi) is 4.40. The van der Waals surface area contributed by atoms with Gasteiger partial charge in [-0.05, 0) is 32.0 Å². The second-order valence-corrected chi connectivity index (χ2v) is 4.56. The van der Waals surface area contributed by atoms with E-state index in [1.165, 1.54) is 0 Å². The first kappa shape index (κ1) is 14.1. The number of carbonyl (C=O) groups excluding carboxylic acids is 1. The molecular weight excluding hydrogens is 254 g/mol. The highest BCUT2D eigenvalue weighted by Crippen LogP contribution is 2.28. The number of benzene rings is 1. The van der Waals surface area contributed by atoms with E-state index in [4.69, 9.17) is 10.5 Å². The SMILES string of the molecule is CCOC(=O)CCNc1ccc(N)c2cnc(C)cc12. The summed E-state index contributed by atoms with van der Waals surface area (Å²) in [4.78, 5) is 15.6. The van der Waals surface area contributed by atoms with Crippen LogP contribution in [0.1, 0.15) is 19.0 Å². The van der Waals surface area contributed by atoms with Gasteiger partial charge in [0.05, 0.1) is 13.0 Å². The van der Waals surface area contributed by atoms with Gasteiger partial charge in [0, 0.05) is 40.6 Å². The summed E-state index contributed by atoms with van der Waals surface area (Å²) in [5.74, 6) is -0.197. The molecule has 0 aliphatic heterocycles. The van der Waals surface area contributed by atoms with E-state index in [1.807, 2.05) is 25.1 Å². The van der Waals surface area contributed by atoms with Gasteiger partial charge in [-0.25, -0.2) is 0 Å². The quantitative estimate of drug-likeness (QED) is 0.646. The van der Waals surface area contributed by atoms with Crippen LogP contribution >= 0.6 is 0 Å². The Morgan fingerprint density at radius 2 is 2.20 bits per heavy atom. The van der Waals surface area contributed by atoms with Crippen LogP contribution in [0.5, 0.6) is 0 Å². The third-order valence-corrected chi connectivity index (χ3v) is 3.02. The van der Waals surface area contributed by atoms with Crippen LogP contribution in [-0.2, 0) is 9.53 Å². The highest BCUT2D eigenvalue weighted by molar-refractivity contribution is 6.00. The van der Waals surface area contributed by atoms with Crippen molar-refractivity contribution >= 4 is 28.1 Å². The van der Waals surface area contributed by atoms with Crippen molar-refractivity contribution in [2.45, 2.75) is 20.3 Å². The molecule has 1 aromatic heterocycles. The molecule has 20 heavy (non-hydrogen) atoms. The number of aryl methyl sites for hydroxylation is 1. The van der Waals surface area contributed by atoms with E-state index in [2.05, 4.69) is 10.3 Å². The Balaban J connectivity index is 2.16. The van der Waals surface area contributed by atoms with Gasteiger partial charge in [-0.15, -0.1) is 0 Å². The Morgan fingerprint density at radius 3 is 2.95 bits per heavy atom. The second kappa shape index (κ2) is 6.23. The van der Waals surface area contributed by atoms with Crippen LogP contribution in [0.2, 0.25) is 0 Å². The van der Waals surface area contributed by atoms with Gasteiger partial charge in [0.15, 0.2) is 0 Å². The van der Waals surface area contributed by atoms with Crippen LogP contribution in [0.15, 0.2) is 24.4 Å². The number of nitrogen functional groups attached to an aromatic ring is 1. The molecule has 106 valence electrons. The highest BCUT2D eigenvalue weighted by atomic mass is 16.5. The second-order valence-electron chi connectivity index (χ2n) is 4.56. The van der Waals surface area contributed by atoms with Gasteiger partial charge in [0.2, 0.25) is 0 Å². The van der Waals surface area contributed by atoms with Crippen molar-refractivity contribution in [3.8, 4) is 0 Å². The first-order chi connectivity index (χ1) is 9.61. The number of rotatable bonds is 5. The summed E-state index contributed by atoms with van der Waals surface area (Å²) in [6, 6.07) is 5.74. The Bertz CT molecular complexity index is 626. The summed E-state index contributed by atoms with van der Waals surface area (Å²) in [5, 5.41) is 5.18. The summed E-state index contributed by atoms with van der Waals surface area (Å²) in [6.45, 7) is 4.67. The van der Waals surface area contributed by atoms with E-state index in [9.17, 15) is 4.79 Å². The van der Waals surface area contributed by atoms with E-state index in [0.29, 0.717) is 25.3 Å². The maximum atomic E-state index is 11.3. The number of esters is 1. The molecule has 0 spiro atoms. The molecule has 0 radical (unpaired) electrons. The minimum absolute atomic E-state index is 0.197. The number of fused-ring (bicyclic) bond motifs is 1. The van der Waals surface area contributed by atoms with Crippen molar-refractivity contribution in [2.24, 2.45) is 0 Å². The maximum Gasteiger partial charge on any atom is 0.307 e. The molecule has 0 aliphatic rings. The van der Waals surface area contributed by atoms with Crippen LogP contribution in [0, 0.1) is 6.92 Å². The topological polar surface area (TPSA) is 77.2 Å². The predicted octanol–water partition coefficient (Wildman–Crippen LogP) is 2.49. The van der Waals surface area contributed by atoms with Crippen LogP contribution in [0.3, 0.4) is 0 Å². The molecule has 0 unspecified atom stereocenters. The molecular formula is C15H19N3O2. The lowest BCUT2D eigenvalue weighted by Gasteiger charge is -2.11. The van der Waals surface area contributed by atoms with Crippen LogP contribution in [-0.4, -0.2) is 24.1 Å². The first-order valence-corrected chi connectivity index (χ1v) is 6.66. The molecule has 0 amide bonds. The van der Waals surface area contributed by atoms with E-state index in [0.717, 1.165) is 22.2 Å². The molecule has 0 saturated carbocycles. The van der Waals surface area contributed by atoms with Gasteiger partial charge in [0.1, 0.15) is 0 Å². The standard InChI is InChI=1S/C15H19N3O2/c1-3-20-15(19)6-7-17-14-5-4-13(16)12-9-18-10(2)8-11(12)14/h4-5,8-9,17H,3,6-7,16H2,1-2H3. The monoisotopic (exact) mass is 273 g/mol. The summed E-state index contributed by atoms with van der Waals surface area (Å²) >= 11 is 0. The van der Waals surface area contributed by atoms with Gasteiger partial charge >= 0.3 is 5.97 Å². The van der Waals surface area contributed by atoms with E-state index in [-0.39, 0.29) is 5.97 Å². The molecule has 5 heteroatoms. The average molecular weight is 273 g/mol. The lowest BCUT2D eigenvalue weighted by atomic mass is 10.1. The number of hydrogen-bond acceptors (Lipinski definition) is 5. The lowest BCUT2D eigenvalue weighted by Crippen LogP contribution is -2.11. The normalized spacial score (nSPS) is 10.5. The Labute approximate surface area is 118 Å². The number of anilines is 2. The Hall–Kier alpha value is -2.30. The van der Waals surface area contributed by atoms with E-state index >= 15 is 0 Å². The molecule has 0 aliphatic carbocycles. The third kappa shape index (κ3) is 3.17. The molecule has 1 heterocycles. The molecule has 0 bridgehead atoms. The van der Waals surface area contributed by atoms with Gasteiger partial charge in [-0.3, -0.25) is 9.78 Å². The number of hydrogen-bond donors (Lipinski definition) is 2. The van der Waals surface area contributed by atoms with Crippen molar-refractivity contribution in [3.63, 3.8) is 0 Å². The van der Waals surface area contributed by atoms with Crippen LogP contribution < -0.4 is 11.1 Å². The van der Waals surface area contributed by atoms with Gasteiger partial charge < -0.3 is 15.8 Å². The summed E-state index contributed by atoms with van der Waals surface area (Å²) in [5.41, 5.74) is 8.52. The van der Waals surface area contributed by atoms with Gasteiger partial charge in [-0.2, -0.15) is 0 Å². The van der Waals surface area contributed by atoms with Crippen molar-refractivity contribution in [1.29, 1.82) is 0 Å². The average Bonchev–Trinajstić information content (AvgIpc) is 2.41. The fourth-order valence-electron chi connectivity index (χ4n) is 2.05. The maximum absolute atomic E-state index is 11.3. The zero-order chi connectivity index (χ0) is 14.5. The number of nitrogens with zero attached hydrogens (tertiary/aromatic N) is 1. The molecule has 5 nitrogen and oxygen atoms in total. The zero-order valence-electron chi connectivity index (χ0n) is 11.8. The van der Waals surface area contributed by atoms with Crippen molar-refractivity contribution in [1.82, 2.24) is 4.98 Å². The largest absolute Gasteiger partial charge is 0.466 e. The molecule has 0 fully saturated rings. The lowest BCUT2D eigenvalue weighted by molar-refractivity contribution is -0.142. The zero-order valence-corrected chi connectivity index (χ0v) is 11.8. The minimum atomic E-state index is -0.197. The number of nitrogens with two attached hydrogens (primary N) is 1. The van der Waals surface area contributed by atoms with Crippen molar-refractivity contribution in [2.75, 3.05) is 24.2 Å². The fourth-order valence-corrected chi connectivity index (χ4v) is 2.05. The fraction of sp³-hybridized carbons (Fsp3) is 0.333. The predicted molar refractivity (Wildman–Crippen MR) is 80.6 cm³/mol. The summed E-state index contributed by atoms with van der Waals surface area (Å²) < 4.78 is 4.90. The molecule has 3 N–H and O–H groups in total. The van der Waals surface area contributed by atoms with Gasteiger partial charge in [0.25, 0.3) is 0 Å². The van der Waals surface area contributed by atoms with Crippen molar-refractivity contribution in [3.05, 3.63) is 30.1 Å². The van der Waals surface area contributed by atoms with Crippen molar-refractivity contribution < 1.29 is 9.53 Å². The highest BCUT2D eigenvalue weighted by Gasteiger charge is 2.06. The van der Waals surface area contributed by atoms with Crippen LogP contribution in [0.25, 0.3) is 10.8 Å². The summed E-state index contributed by atoms with van der Waals surface area (Å²) in [6.07, 6.45) is 2.11. The first-order valence-electron chi connectivity index (χ1n) is 6.66. The molecule has 1 aromatic carbocycles. The number of aromatic nitrogens is 1. The minimum Gasteiger partial charge on any atom is -0.466 e. The van der Waals surface area contributed by atoms with E-state index in [1.54, 1.807) is 13.1 Å². The number of ether oxygens (including phenoxy) is 1. The Morgan fingerprint density at radius 1 is 1.40 bits per heavy atom. The molecule has 2 rings (SSSR count). The molecule has 0 saturated heterocycles. The van der Waals surface area contributed by atoms with E-state index < -0.39 is 0 Å². The summed E-state index contributed by atoms with van der Waals surface area (Å²) in [7, 11) is 0. The van der Waals surface area contributed by atoms with Crippen LogP contribution in [0.4, 0.5) is 11.4 Å². The number of pyridine rings is 1. The molecule has 0 atom stereocenters. The third-order valence-electron chi connectivity index (χ3n) is 3.02.